The summed E-state index contributed by atoms with van der Waals surface area (Å²) in [6.45, 7) is 7.10. The van der Waals surface area contributed by atoms with Gasteiger partial charge >= 0.3 is 0 Å². The second-order valence-corrected chi connectivity index (χ2v) is 4.57. The van der Waals surface area contributed by atoms with Crippen molar-refractivity contribution in [3.63, 3.8) is 0 Å². The van der Waals surface area contributed by atoms with Crippen LogP contribution in [0.1, 0.15) is 13.3 Å². The smallest absolute Gasteiger partial charge is 0.0494 e. The minimum Gasteiger partial charge on any atom is -0.343 e. The van der Waals surface area contributed by atoms with Crippen LogP contribution in [0.5, 0.6) is 0 Å². The van der Waals surface area contributed by atoms with Crippen molar-refractivity contribution < 1.29 is 0 Å². The minimum absolute atomic E-state index is 0.913. The van der Waals surface area contributed by atoms with Crippen LogP contribution in [0.2, 0.25) is 0 Å². The SMILES string of the molecule is C=C(CC)Cn1ccc2c(Br)cccc21. The first-order valence-corrected chi connectivity index (χ1v) is 5.91. The van der Waals surface area contributed by atoms with Crippen LogP contribution in [0.15, 0.2) is 47.1 Å². The zero-order valence-electron chi connectivity index (χ0n) is 8.83. The molecule has 0 amide bonds. The van der Waals surface area contributed by atoms with E-state index in [1.54, 1.807) is 0 Å². The van der Waals surface area contributed by atoms with E-state index < -0.39 is 0 Å². The van der Waals surface area contributed by atoms with Gasteiger partial charge in [-0.1, -0.05) is 41.1 Å². The number of fused-ring (bicyclic) bond motifs is 1. The highest BCUT2D eigenvalue weighted by atomic mass is 79.9. The zero-order chi connectivity index (χ0) is 10.8. The number of rotatable bonds is 3. The van der Waals surface area contributed by atoms with Crippen LogP contribution >= 0.6 is 15.9 Å². The maximum atomic E-state index is 4.04. The molecule has 0 aliphatic heterocycles. The zero-order valence-corrected chi connectivity index (χ0v) is 10.4. The monoisotopic (exact) mass is 263 g/mol. The Bertz CT molecular complexity index is 496. The lowest BCUT2D eigenvalue weighted by atomic mass is 10.2. The molecule has 1 aromatic carbocycles. The molecule has 0 saturated heterocycles. The summed E-state index contributed by atoms with van der Waals surface area (Å²) in [4.78, 5) is 0. The highest BCUT2D eigenvalue weighted by Gasteiger charge is 2.03. The van der Waals surface area contributed by atoms with Crippen molar-refractivity contribution >= 4 is 26.8 Å². The Kier molecular flexibility index (Phi) is 2.96. The Morgan fingerprint density at radius 1 is 1.40 bits per heavy atom. The van der Waals surface area contributed by atoms with E-state index in [0.717, 1.165) is 17.4 Å². The lowest BCUT2D eigenvalue weighted by Crippen LogP contribution is -1.97. The van der Waals surface area contributed by atoms with E-state index in [0.29, 0.717) is 0 Å². The molecule has 2 aromatic rings. The molecule has 0 N–H and O–H groups in total. The van der Waals surface area contributed by atoms with Crippen molar-refractivity contribution in [2.45, 2.75) is 19.9 Å². The maximum absolute atomic E-state index is 4.04. The van der Waals surface area contributed by atoms with Crippen molar-refractivity contribution in [1.82, 2.24) is 4.57 Å². The Labute approximate surface area is 98.5 Å². The molecule has 0 bridgehead atoms. The molecule has 0 atom stereocenters. The molecule has 1 aromatic heterocycles. The second kappa shape index (κ2) is 4.23. The Morgan fingerprint density at radius 2 is 2.20 bits per heavy atom. The van der Waals surface area contributed by atoms with Gasteiger partial charge in [-0.15, -0.1) is 0 Å². The number of halogens is 1. The number of hydrogen-bond acceptors (Lipinski definition) is 0. The molecule has 0 spiro atoms. The normalized spacial score (nSPS) is 10.8. The Balaban J connectivity index is 2.45. The quantitative estimate of drug-likeness (QED) is 0.725. The third kappa shape index (κ3) is 2.00. The van der Waals surface area contributed by atoms with E-state index in [1.165, 1.54) is 16.5 Å². The highest BCUT2D eigenvalue weighted by molar-refractivity contribution is 9.10. The van der Waals surface area contributed by atoms with E-state index in [2.05, 4.69) is 64.5 Å². The van der Waals surface area contributed by atoms with Gasteiger partial charge in [-0.2, -0.15) is 0 Å². The van der Waals surface area contributed by atoms with Crippen LogP contribution < -0.4 is 0 Å². The number of benzene rings is 1. The van der Waals surface area contributed by atoms with E-state index in [4.69, 9.17) is 0 Å². The topological polar surface area (TPSA) is 4.93 Å². The Morgan fingerprint density at radius 3 is 2.93 bits per heavy atom. The van der Waals surface area contributed by atoms with E-state index in [9.17, 15) is 0 Å². The van der Waals surface area contributed by atoms with Gasteiger partial charge in [0.05, 0.1) is 0 Å². The van der Waals surface area contributed by atoms with Crippen LogP contribution in [0.4, 0.5) is 0 Å². The van der Waals surface area contributed by atoms with Crippen LogP contribution in [0, 0.1) is 0 Å². The van der Waals surface area contributed by atoms with E-state index in [-0.39, 0.29) is 0 Å². The average molecular weight is 264 g/mol. The predicted molar refractivity (Wildman–Crippen MR) is 69.1 cm³/mol. The first-order chi connectivity index (χ1) is 7.22. The third-order valence-corrected chi connectivity index (χ3v) is 3.35. The first-order valence-electron chi connectivity index (χ1n) is 5.12. The van der Waals surface area contributed by atoms with Crippen LogP contribution in [-0.4, -0.2) is 4.57 Å². The van der Waals surface area contributed by atoms with E-state index >= 15 is 0 Å². The van der Waals surface area contributed by atoms with Crippen molar-refractivity contribution in [2.75, 3.05) is 0 Å². The predicted octanol–water partition coefficient (Wildman–Crippen LogP) is 4.37. The van der Waals surface area contributed by atoms with Gasteiger partial charge in [0, 0.05) is 28.1 Å². The molecule has 0 fully saturated rings. The molecule has 15 heavy (non-hydrogen) atoms. The van der Waals surface area contributed by atoms with E-state index in [1.807, 2.05) is 0 Å². The van der Waals surface area contributed by atoms with Crippen molar-refractivity contribution in [1.29, 1.82) is 0 Å². The fourth-order valence-electron chi connectivity index (χ4n) is 1.68. The molecule has 2 rings (SSSR count). The van der Waals surface area contributed by atoms with Crippen LogP contribution in [0.25, 0.3) is 10.9 Å². The molecule has 1 nitrogen and oxygen atoms in total. The van der Waals surface area contributed by atoms with Gasteiger partial charge in [-0.05, 0) is 24.6 Å². The molecule has 78 valence electrons. The number of aromatic nitrogens is 1. The van der Waals surface area contributed by atoms with Gasteiger partial charge in [0.15, 0.2) is 0 Å². The van der Waals surface area contributed by atoms with Crippen LogP contribution in [0.3, 0.4) is 0 Å². The summed E-state index contributed by atoms with van der Waals surface area (Å²) in [6, 6.07) is 8.42. The molecule has 0 radical (unpaired) electrons. The molecule has 0 aliphatic rings. The second-order valence-electron chi connectivity index (χ2n) is 3.72. The van der Waals surface area contributed by atoms with Crippen LogP contribution in [-0.2, 0) is 6.54 Å². The molecule has 0 saturated carbocycles. The van der Waals surface area contributed by atoms with Crippen molar-refractivity contribution in [3.05, 3.63) is 47.1 Å². The first kappa shape index (κ1) is 10.5. The third-order valence-electron chi connectivity index (χ3n) is 2.65. The average Bonchev–Trinajstić information content (AvgIpc) is 2.63. The summed E-state index contributed by atoms with van der Waals surface area (Å²) in [7, 11) is 0. The number of hydrogen-bond donors (Lipinski definition) is 0. The standard InChI is InChI=1S/C13H14BrN/c1-3-10(2)9-15-8-7-11-12(14)5-4-6-13(11)15/h4-8H,2-3,9H2,1H3. The fraction of sp³-hybridized carbons (Fsp3) is 0.231. The van der Waals surface area contributed by atoms with Gasteiger partial charge in [-0.25, -0.2) is 0 Å². The molecule has 2 heteroatoms. The van der Waals surface area contributed by atoms with Crippen molar-refractivity contribution in [2.24, 2.45) is 0 Å². The summed E-state index contributed by atoms with van der Waals surface area (Å²) in [6.07, 6.45) is 3.16. The summed E-state index contributed by atoms with van der Waals surface area (Å²) in [5.74, 6) is 0. The largest absolute Gasteiger partial charge is 0.343 e. The molecular formula is C13H14BrN. The summed E-state index contributed by atoms with van der Waals surface area (Å²) >= 11 is 3.56. The van der Waals surface area contributed by atoms with Crippen molar-refractivity contribution in [3.8, 4) is 0 Å². The minimum atomic E-state index is 0.913. The summed E-state index contributed by atoms with van der Waals surface area (Å²) in [5, 5.41) is 1.27. The highest BCUT2D eigenvalue weighted by Crippen LogP contribution is 2.25. The molecule has 0 aliphatic carbocycles. The van der Waals surface area contributed by atoms with Gasteiger partial charge < -0.3 is 4.57 Å². The lowest BCUT2D eigenvalue weighted by Gasteiger charge is -2.06. The lowest BCUT2D eigenvalue weighted by molar-refractivity contribution is 0.790. The maximum Gasteiger partial charge on any atom is 0.0494 e. The van der Waals surface area contributed by atoms with Gasteiger partial charge in [0.25, 0.3) is 0 Å². The Hall–Kier alpha value is -1.02. The van der Waals surface area contributed by atoms with Gasteiger partial charge in [-0.3, -0.25) is 0 Å². The molecule has 1 heterocycles. The molecule has 0 unspecified atom stereocenters. The summed E-state index contributed by atoms with van der Waals surface area (Å²) < 4.78 is 3.40. The number of nitrogens with zero attached hydrogens (tertiary/aromatic N) is 1. The molecular weight excluding hydrogens is 250 g/mol. The van der Waals surface area contributed by atoms with Gasteiger partial charge in [0.2, 0.25) is 0 Å². The summed E-state index contributed by atoms with van der Waals surface area (Å²) in [5.41, 5.74) is 2.52. The fourth-order valence-corrected chi connectivity index (χ4v) is 2.16. The number of allylic oxidation sites excluding steroid dienone is 1. The van der Waals surface area contributed by atoms with Gasteiger partial charge in [0.1, 0.15) is 0 Å².